The largest absolute Gasteiger partial charge is 0.489 e. The van der Waals surface area contributed by atoms with E-state index in [4.69, 9.17) is 14.4 Å². The van der Waals surface area contributed by atoms with Crippen LogP contribution in [0.4, 0.5) is 0 Å². The smallest absolute Gasteiger partial charge is 0.290 e. The molecular weight excluding hydrogens is 304 g/mol. The van der Waals surface area contributed by atoms with Crippen LogP contribution < -0.4 is 4.74 Å². The van der Waals surface area contributed by atoms with E-state index in [1.165, 1.54) is 6.26 Å². The molecule has 0 radical (unpaired) electrons. The number of hydrogen-bond donors (Lipinski definition) is 0. The van der Waals surface area contributed by atoms with Gasteiger partial charge in [0.25, 0.3) is 5.91 Å². The molecule has 5 heteroatoms. The van der Waals surface area contributed by atoms with E-state index in [-0.39, 0.29) is 18.6 Å². The SMILES string of the molecule is C[C@H]1CCCCN1C(=O)c1occc1COc1cccc(C#N)c1. The first kappa shape index (κ1) is 16.1. The van der Waals surface area contributed by atoms with Gasteiger partial charge in [0.2, 0.25) is 0 Å². The molecule has 0 unspecified atom stereocenters. The molecule has 0 saturated carbocycles. The van der Waals surface area contributed by atoms with Crippen molar-refractivity contribution in [1.82, 2.24) is 4.90 Å². The summed E-state index contributed by atoms with van der Waals surface area (Å²) in [5, 5.41) is 8.93. The molecular formula is C19H20N2O3. The maximum atomic E-state index is 12.7. The molecule has 1 aromatic carbocycles. The number of benzene rings is 1. The number of rotatable bonds is 4. The number of hydrogen-bond acceptors (Lipinski definition) is 4. The topological polar surface area (TPSA) is 66.5 Å². The number of nitrogens with zero attached hydrogens (tertiary/aromatic N) is 2. The lowest BCUT2D eigenvalue weighted by atomic mass is 10.0. The number of nitriles is 1. The third-order valence-corrected chi connectivity index (χ3v) is 4.36. The van der Waals surface area contributed by atoms with Gasteiger partial charge in [-0.2, -0.15) is 5.26 Å². The van der Waals surface area contributed by atoms with E-state index >= 15 is 0 Å². The van der Waals surface area contributed by atoms with Crippen LogP contribution in [0.1, 0.15) is 47.9 Å². The van der Waals surface area contributed by atoms with Gasteiger partial charge in [-0.05, 0) is 50.5 Å². The first-order valence-electron chi connectivity index (χ1n) is 8.19. The van der Waals surface area contributed by atoms with Gasteiger partial charge in [0.05, 0.1) is 17.9 Å². The van der Waals surface area contributed by atoms with Crippen molar-refractivity contribution in [2.75, 3.05) is 6.54 Å². The van der Waals surface area contributed by atoms with E-state index in [1.54, 1.807) is 30.3 Å². The maximum Gasteiger partial charge on any atom is 0.290 e. The Balaban J connectivity index is 1.71. The maximum absolute atomic E-state index is 12.7. The summed E-state index contributed by atoms with van der Waals surface area (Å²) in [7, 11) is 0. The fraction of sp³-hybridized carbons (Fsp3) is 0.368. The third-order valence-electron chi connectivity index (χ3n) is 4.36. The number of ether oxygens (including phenoxy) is 1. The zero-order chi connectivity index (χ0) is 16.9. The van der Waals surface area contributed by atoms with Gasteiger partial charge >= 0.3 is 0 Å². The molecule has 1 fully saturated rings. The minimum absolute atomic E-state index is 0.0726. The number of carbonyl (C=O) groups excluding carboxylic acids is 1. The number of furan rings is 1. The fourth-order valence-electron chi connectivity index (χ4n) is 2.98. The Morgan fingerprint density at radius 3 is 3.08 bits per heavy atom. The molecule has 124 valence electrons. The monoisotopic (exact) mass is 324 g/mol. The van der Waals surface area contributed by atoms with E-state index < -0.39 is 0 Å². The van der Waals surface area contributed by atoms with Gasteiger partial charge < -0.3 is 14.1 Å². The van der Waals surface area contributed by atoms with Crippen LogP contribution >= 0.6 is 0 Å². The number of amides is 1. The highest BCUT2D eigenvalue weighted by Crippen LogP contribution is 2.23. The minimum atomic E-state index is -0.0726. The van der Waals surface area contributed by atoms with Gasteiger partial charge in [-0.25, -0.2) is 0 Å². The molecule has 0 N–H and O–H groups in total. The van der Waals surface area contributed by atoms with Gasteiger partial charge in [0.15, 0.2) is 5.76 Å². The summed E-state index contributed by atoms with van der Waals surface area (Å²) < 4.78 is 11.2. The average molecular weight is 324 g/mol. The van der Waals surface area contributed by atoms with Gasteiger partial charge in [-0.15, -0.1) is 0 Å². The Morgan fingerprint density at radius 2 is 2.29 bits per heavy atom. The van der Waals surface area contributed by atoms with Gasteiger partial charge in [0.1, 0.15) is 12.4 Å². The molecule has 1 aromatic heterocycles. The van der Waals surface area contributed by atoms with E-state index in [2.05, 4.69) is 13.0 Å². The van der Waals surface area contributed by atoms with Crippen molar-refractivity contribution in [3.05, 3.63) is 53.5 Å². The molecule has 24 heavy (non-hydrogen) atoms. The Bertz CT molecular complexity index is 760. The van der Waals surface area contributed by atoms with Crippen molar-refractivity contribution >= 4 is 5.91 Å². The van der Waals surface area contributed by atoms with E-state index in [0.717, 1.165) is 31.4 Å². The molecule has 2 aromatic rings. The first-order valence-corrected chi connectivity index (χ1v) is 8.19. The van der Waals surface area contributed by atoms with E-state index in [9.17, 15) is 4.79 Å². The Morgan fingerprint density at radius 1 is 1.42 bits per heavy atom. The summed E-state index contributed by atoms with van der Waals surface area (Å²) in [4.78, 5) is 14.6. The molecule has 0 aliphatic carbocycles. The second-order valence-electron chi connectivity index (χ2n) is 6.05. The van der Waals surface area contributed by atoms with E-state index in [1.807, 2.05) is 4.90 Å². The minimum Gasteiger partial charge on any atom is -0.489 e. The summed E-state index contributed by atoms with van der Waals surface area (Å²) >= 11 is 0. The van der Waals surface area contributed by atoms with Crippen LogP contribution in [0.3, 0.4) is 0 Å². The van der Waals surface area contributed by atoms with Crippen LogP contribution in [0.5, 0.6) is 5.75 Å². The quantitative estimate of drug-likeness (QED) is 0.859. The van der Waals surface area contributed by atoms with Crippen molar-refractivity contribution in [2.24, 2.45) is 0 Å². The van der Waals surface area contributed by atoms with Crippen LogP contribution in [-0.4, -0.2) is 23.4 Å². The molecule has 0 spiro atoms. The summed E-state index contributed by atoms with van der Waals surface area (Å²) in [6.07, 6.45) is 4.74. The molecule has 1 amide bonds. The van der Waals surface area contributed by atoms with Crippen molar-refractivity contribution in [3.8, 4) is 11.8 Å². The van der Waals surface area contributed by atoms with Crippen molar-refractivity contribution in [3.63, 3.8) is 0 Å². The molecule has 1 atom stereocenters. The molecule has 1 aliphatic heterocycles. The third kappa shape index (κ3) is 3.43. The van der Waals surface area contributed by atoms with Crippen LogP contribution in [0.25, 0.3) is 0 Å². The predicted octanol–water partition coefficient (Wildman–Crippen LogP) is 3.74. The Labute approximate surface area is 141 Å². The summed E-state index contributed by atoms with van der Waals surface area (Å²) in [6, 6.07) is 11.0. The second kappa shape index (κ2) is 7.22. The number of likely N-dealkylation sites (tertiary alicyclic amines) is 1. The van der Waals surface area contributed by atoms with Crippen LogP contribution in [0, 0.1) is 11.3 Å². The van der Waals surface area contributed by atoms with Gasteiger partial charge in [0, 0.05) is 18.2 Å². The van der Waals surface area contributed by atoms with Crippen molar-refractivity contribution < 1.29 is 13.9 Å². The first-order chi connectivity index (χ1) is 11.7. The fourth-order valence-corrected chi connectivity index (χ4v) is 2.98. The van der Waals surface area contributed by atoms with Crippen molar-refractivity contribution in [2.45, 2.75) is 38.8 Å². The zero-order valence-electron chi connectivity index (χ0n) is 13.7. The van der Waals surface area contributed by atoms with Crippen LogP contribution in [0.15, 0.2) is 41.0 Å². The molecule has 0 bridgehead atoms. The lowest BCUT2D eigenvalue weighted by molar-refractivity contribution is 0.0599. The summed E-state index contributed by atoms with van der Waals surface area (Å²) in [6.45, 7) is 3.07. The van der Waals surface area contributed by atoms with Crippen LogP contribution in [0.2, 0.25) is 0 Å². The standard InChI is InChI=1S/C19H20N2O3/c1-14-5-2-3-9-21(14)19(22)18-16(8-10-23-18)13-24-17-7-4-6-15(11-17)12-20/h4,6-8,10-11,14H,2-3,5,9,13H2,1H3/t14-/m0/s1. The normalized spacial score (nSPS) is 17.3. The predicted molar refractivity (Wildman–Crippen MR) is 88.5 cm³/mol. The molecule has 5 nitrogen and oxygen atoms in total. The summed E-state index contributed by atoms with van der Waals surface area (Å²) in [5.74, 6) is 0.872. The highest BCUT2D eigenvalue weighted by atomic mass is 16.5. The molecule has 2 heterocycles. The second-order valence-corrected chi connectivity index (χ2v) is 6.05. The highest BCUT2D eigenvalue weighted by Gasteiger charge is 2.28. The number of carbonyl (C=O) groups is 1. The Hall–Kier alpha value is -2.74. The molecule has 1 aliphatic rings. The van der Waals surface area contributed by atoms with Crippen LogP contribution in [-0.2, 0) is 6.61 Å². The average Bonchev–Trinajstić information content (AvgIpc) is 3.08. The van der Waals surface area contributed by atoms with Gasteiger partial charge in [-0.1, -0.05) is 6.07 Å². The van der Waals surface area contributed by atoms with E-state index in [0.29, 0.717) is 17.1 Å². The summed E-state index contributed by atoms with van der Waals surface area (Å²) in [5.41, 5.74) is 1.26. The molecule has 1 saturated heterocycles. The highest BCUT2D eigenvalue weighted by molar-refractivity contribution is 5.93. The Kier molecular flexibility index (Phi) is 4.85. The lowest BCUT2D eigenvalue weighted by Crippen LogP contribution is -2.42. The molecule has 3 rings (SSSR count). The number of piperidine rings is 1. The lowest BCUT2D eigenvalue weighted by Gasteiger charge is -2.32. The van der Waals surface area contributed by atoms with Gasteiger partial charge in [-0.3, -0.25) is 4.79 Å². The zero-order valence-corrected chi connectivity index (χ0v) is 13.7. The van der Waals surface area contributed by atoms with Crippen molar-refractivity contribution in [1.29, 1.82) is 5.26 Å².